The fourth-order valence-corrected chi connectivity index (χ4v) is 3.33. The van der Waals surface area contributed by atoms with Crippen molar-refractivity contribution in [3.05, 3.63) is 53.5 Å². The Morgan fingerprint density at radius 2 is 2.18 bits per heavy atom. The van der Waals surface area contributed by atoms with Crippen LogP contribution < -0.4 is 10.6 Å². The first-order valence-electron chi connectivity index (χ1n) is 9.70. The Bertz CT molecular complexity index is 953. The minimum atomic E-state index is -1.06. The molecule has 0 saturated heterocycles. The molecule has 0 aliphatic carbocycles. The van der Waals surface area contributed by atoms with E-state index in [2.05, 4.69) is 57.0 Å². The molecule has 0 aliphatic heterocycles. The van der Waals surface area contributed by atoms with Crippen molar-refractivity contribution in [3.63, 3.8) is 0 Å². The van der Waals surface area contributed by atoms with Crippen molar-refractivity contribution in [2.75, 3.05) is 19.6 Å². The zero-order chi connectivity index (χ0) is 20.1. The van der Waals surface area contributed by atoms with Crippen molar-refractivity contribution >= 4 is 16.9 Å². The summed E-state index contributed by atoms with van der Waals surface area (Å²) in [5, 5.41) is 22.8. The number of nitrogens with zero attached hydrogens (tertiary/aromatic N) is 3. The van der Waals surface area contributed by atoms with Gasteiger partial charge < -0.3 is 20.7 Å². The summed E-state index contributed by atoms with van der Waals surface area (Å²) in [6.45, 7) is 7.68. The van der Waals surface area contributed by atoms with Gasteiger partial charge in [0.05, 0.1) is 12.7 Å². The van der Waals surface area contributed by atoms with Gasteiger partial charge in [0.25, 0.3) is 0 Å². The van der Waals surface area contributed by atoms with Gasteiger partial charge in [-0.25, -0.2) is 4.99 Å². The fourth-order valence-electron chi connectivity index (χ4n) is 3.33. The van der Waals surface area contributed by atoms with Gasteiger partial charge >= 0.3 is 0 Å². The molecule has 4 N–H and O–H groups in total. The number of hydrogen-bond donors (Lipinski definition) is 4. The molecule has 0 spiro atoms. The third kappa shape index (κ3) is 4.54. The number of hydrogen-bond acceptors (Lipinski definition) is 3. The van der Waals surface area contributed by atoms with E-state index < -0.39 is 5.60 Å². The summed E-state index contributed by atoms with van der Waals surface area (Å²) >= 11 is 0. The Balaban J connectivity index is 1.63. The van der Waals surface area contributed by atoms with Crippen molar-refractivity contribution < 1.29 is 5.11 Å². The van der Waals surface area contributed by atoms with Crippen LogP contribution in [0, 0.1) is 6.92 Å². The first-order valence-corrected chi connectivity index (χ1v) is 9.70. The molecule has 0 saturated carbocycles. The molecule has 2 heterocycles. The SMILES string of the molecule is CCNC(=NCC(C)(O)c1cnn(C)c1)NCCc1c[nH]c2cccc(C)c12. The number of aliphatic hydroxyl groups is 1. The van der Waals surface area contributed by atoms with E-state index in [1.54, 1.807) is 17.8 Å². The van der Waals surface area contributed by atoms with Crippen LogP contribution in [0.15, 0.2) is 41.8 Å². The number of aryl methyl sites for hydroxylation is 2. The fraction of sp³-hybridized carbons (Fsp3) is 0.429. The number of aromatic amines is 1. The standard InChI is InChI=1S/C21H30N6O/c1-5-22-20(25-14-21(3,28)17-12-26-27(4)13-17)23-10-9-16-11-24-18-8-6-7-15(2)19(16)18/h6-8,11-13,24,28H,5,9-10,14H2,1-4H3,(H2,22,23,25). The van der Waals surface area contributed by atoms with E-state index in [1.165, 1.54) is 22.0 Å². The summed E-state index contributed by atoms with van der Waals surface area (Å²) < 4.78 is 1.68. The molecule has 0 aliphatic rings. The van der Waals surface area contributed by atoms with E-state index in [4.69, 9.17) is 0 Å². The van der Waals surface area contributed by atoms with Gasteiger partial charge in [0.1, 0.15) is 5.60 Å². The average molecular weight is 383 g/mol. The molecule has 0 fully saturated rings. The number of nitrogens with one attached hydrogen (secondary N) is 3. The molecule has 2 aromatic heterocycles. The maximum Gasteiger partial charge on any atom is 0.191 e. The van der Waals surface area contributed by atoms with Crippen LogP contribution in [0.5, 0.6) is 0 Å². The lowest BCUT2D eigenvalue weighted by molar-refractivity contribution is 0.0672. The molecule has 0 bridgehead atoms. The number of fused-ring (bicyclic) bond motifs is 1. The average Bonchev–Trinajstić information content (AvgIpc) is 3.27. The second-order valence-electron chi connectivity index (χ2n) is 7.36. The first-order chi connectivity index (χ1) is 13.4. The topological polar surface area (TPSA) is 90.3 Å². The monoisotopic (exact) mass is 382 g/mol. The molecule has 3 aromatic rings. The van der Waals surface area contributed by atoms with Crippen LogP contribution in [0.4, 0.5) is 0 Å². The number of guanidine groups is 1. The van der Waals surface area contributed by atoms with E-state index in [0.29, 0.717) is 5.96 Å². The van der Waals surface area contributed by atoms with E-state index in [9.17, 15) is 5.11 Å². The Morgan fingerprint density at radius 1 is 1.36 bits per heavy atom. The van der Waals surface area contributed by atoms with E-state index in [1.807, 2.05) is 20.2 Å². The third-order valence-corrected chi connectivity index (χ3v) is 4.90. The number of aliphatic imine (C=N–C) groups is 1. The van der Waals surface area contributed by atoms with Crippen molar-refractivity contribution in [2.45, 2.75) is 32.8 Å². The molecule has 0 radical (unpaired) electrons. The van der Waals surface area contributed by atoms with Gasteiger partial charge in [-0.3, -0.25) is 4.68 Å². The summed E-state index contributed by atoms with van der Waals surface area (Å²) in [5.74, 6) is 0.697. The maximum atomic E-state index is 10.7. The third-order valence-electron chi connectivity index (χ3n) is 4.90. The highest BCUT2D eigenvalue weighted by Gasteiger charge is 2.24. The quantitative estimate of drug-likeness (QED) is 0.373. The van der Waals surface area contributed by atoms with Gasteiger partial charge in [0, 0.05) is 49.0 Å². The van der Waals surface area contributed by atoms with Gasteiger partial charge in [-0.05, 0) is 44.4 Å². The molecule has 0 amide bonds. The minimum absolute atomic E-state index is 0.250. The summed E-state index contributed by atoms with van der Waals surface area (Å²) in [6.07, 6.45) is 6.45. The van der Waals surface area contributed by atoms with Crippen molar-refractivity contribution in [1.82, 2.24) is 25.4 Å². The normalized spacial score (nSPS) is 14.2. The summed E-state index contributed by atoms with van der Waals surface area (Å²) in [6, 6.07) is 6.31. The maximum absolute atomic E-state index is 10.7. The van der Waals surface area contributed by atoms with Gasteiger partial charge in [0.2, 0.25) is 0 Å². The van der Waals surface area contributed by atoms with Gasteiger partial charge in [-0.1, -0.05) is 12.1 Å². The molecule has 3 rings (SSSR count). The predicted molar refractivity (Wildman–Crippen MR) is 113 cm³/mol. The highest BCUT2D eigenvalue weighted by Crippen LogP contribution is 2.22. The second-order valence-corrected chi connectivity index (χ2v) is 7.36. The Hall–Kier alpha value is -2.80. The summed E-state index contributed by atoms with van der Waals surface area (Å²) in [5.41, 5.74) is 3.43. The lowest BCUT2D eigenvalue weighted by Gasteiger charge is -2.20. The van der Waals surface area contributed by atoms with Crippen LogP contribution in [0.25, 0.3) is 10.9 Å². The van der Waals surface area contributed by atoms with Crippen LogP contribution >= 0.6 is 0 Å². The van der Waals surface area contributed by atoms with Crippen LogP contribution in [0.3, 0.4) is 0 Å². The largest absolute Gasteiger partial charge is 0.383 e. The van der Waals surface area contributed by atoms with E-state index in [0.717, 1.165) is 25.1 Å². The molecule has 7 nitrogen and oxygen atoms in total. The Morgan fingerprint density at radius 3 is 2.89 bits per heavy atom. The molecule has 7 heteroatoms. The lowest BCUT2D eigenvalue weighted by atomic mass is 10.0. The van der Waals surface area contributed by atoms with Gasteiger partial charge in [0.15, 0.2) is 5.96 Å². The molecular weight excluding hydrogens is 352 g/mol. The number of H-pyrrole nitrogens is 1. The number of benzene rings is 1. The highest BCUT2D eigenvalue weighted by molar-refractivity contribution is 5.86. The van der Waals surface area contributed by atoms with Crippen molar-refractivity contribution in [2.24, 2.45) is 12.0 Å². The molecule has 28 heavy (non-hydrogen) atoms. The molecule has 150 valence electrons. The summed E-state index contributed by atoms with van der Waals surface area (Å²) in [4.78, 5) is 7.91. The van der Waals surface area contributed by atoms with Crippen molar-refractivity contribution in [3.8, 4) is 0 Å². The highest BCUT2D eigenvalue weighted by atomic mass is 16.3. The number of rotatable bonds is 7. The smallest absolute Gasteiger partial charge is 0.191 e. The molecular formula is C21H30N6O. The zero-order valence-corrected chi connectivity index (χ0v) is 17.1. The van der Waals surface area contributed by atoms with E-state index in [-0.39, 0.29) is 6.54 Å². The van der Waals surface area contributed by atoms with Gasteiger partial charge in [-0.15, -0.1) is 0 Å². The Labute approximate surface area is 165 Å². The summed E-state index contributed by atoms with van der Waals surface area (Å²) in [7, 11) is 1.83. The van der Waals surface area contributed by atoms with Crippen molar-refractivity contribution in [1.29, 1.82) is 0 Å². The number of aromatic nitrogens is 3. The predicted octanol–water partition coefficient (Wildman–Crippen LogP) is 2.22. The minimum Gasteiger partial charge on any atom is -0.383 e. The first kappa shape index (κ1) is 19.9. The van der Waals surface area contributed by atoms with Crippen LogP contribution in [-0.4, -0.2) is 45.5 Å². The molecule has 1 aromatic carbocycles. The zero-order valence-electron chi connectivity index (χ0n) is 17.1. The molecule has 1 atom stereocenters. The van der Waals surface area contributed by atoms with Gasteiger partial charge in [-0.2, -0.15) is 5.10 Å². The van der Waals surface area contributed by atoms with E-state index >= 15 is 0 Å². The second kappa shape index (κ2) is 8.48. The van der Waals surface area contributed by atoms with Crippen LogP contribution in [0.1, 0.15) is 30.5 Å². The lowest BCUT2D eigenvalue weighted by Crippen LogP contribution is -2.39. The Kier molecular flexibility index (Phi) is 6.04. The molecule has 1 unspecified atom stereocenters. The van der Waals surface area contributed by atoms with Crippen LogP contribution in [-0.2, 0) is 19.1 Å². The van der Waals surface area contributed by atoms with Crippen LogP contribution in [0.2, 0.25) is 0 Å².